The monoisotopic (exact) mass is 220 g/mol. The first-order valence-corrected chi connectivity index (χ1v) is 4.91. The fourth-order valence-electron chi connectivity index (χ4n) is 1.86. The number of aromatic nitrogens is 1. The predicted molar refractivity (Wildman–Crippen MR) is 55.5 cm³/mol. The summed E-state index contributed by atoms with van der Waals surface area (Å²) in [6.07, 6.45) is 2.20. The Morgan fingerprint density at radius 3 is 2.94 bits per heavy atom. The second-order valence-electron chi connectivity index (χ2n) is 3.64. The van der Waals surface area contributed by atoms with Crippen LogP contribution in [0.15, 0.2) is 22.9 Å². The van der Waals surface area contributed by atoms with Crippen LogP contribution in [0.5, 0.6) is 5.75 Å². The van der Waals surface area contributed by atoms with Crippen molar-refractivity contribution in [3.63, 3.8) is 0 Å². The Hall–Kier alpha value is -2.04. The van der Waals surface area contributed by atoms with Gasteiger partial charge in [-0.25, -0.2) is 4.39 Å². The van der Waals surface area contributed by atoms with E-state index in [4.69, 9.17) is 15.0 Å². The van der Waals surface area contributed by atoms with Crippen LogP contribution in [0.25, 0.3) is 11.1 Å². The van der Waals surface area contributed by atoms with Crippen LogP contribution >= 0.6 is 0 Å². The van der Waals surface area contributed by atoms with E-state index >= 15 is 0 Å². The highest BCUT2D eigenvalue weighted by atomic mass is 19.1. The second kappa shape index (κ2) is 3.23. The zero-order valence-corrected chi connectivity index (χ0v) is 8.37. The minimum absolute atomic E-state index is 0.123. The van der Waals surface area contributed by atoms with Gasteiger partial charge in [0.1, 0.15) is 11.6 Å². The Balaban J connectivity index is 2.18. The van der Waals surface area contributed by atoms with Crippen molar-refractivity contribution in [2.24, 2.45) is 0 Å². The first-order valence-electron chi connectivity index (χ1n) is 4.91. The average Bonchev–Trinajstić information content (AvgIpc) is 2.85. The zero-order chi connectivity index (χ0) is 11.1. The van der Waals surface area contributed by atoms with Gasteiger partial charge in [-0.1, -0.05) is 5.16 Å². The molecule has 2 N–H and O–H groups in total. The van der Waals surface area contributed by atoms with Crippen LogP contribution in [-0.4, -0.2) is 11.8 Å². The van der Waals surface area contributed by atoms with Crippen LogP contribution in [0.2, 0.25) is 0 Å². The maximum Gasteiger partial charge on any atom is 0.230 e. The van der Waals surface area contributed by atoms with Crippen molar-refractivity contribution < 1.29 is 13.7 Å². The van der Waals surface area contributed by atoms with E-state index in [0.717, 1.165) is 12.0 Å². The molecule has 5 heteroatoms. The first kappa shape index (κ1) is 9.21. The standard InChI is InChI=1S/C11H9FN2O2/c12-9-4-10-6(1-2-15-10)3-7(9)8-5-14-16-11(8)13/h3-5H,1-2,13H2. The van der Waals surface area contributed by atoms with Crippen molar-refractivity contribution in [2.75, 3.05) is 12.3 Å². The fourth-order valence-corrected chi connectivity index (χ4v) is 1.86. The van der Waals surface area contributed by atoms with Gasteiger partial charge in [-0.05, 0) is 11.6 Å². The Bertz CT molecular complexity index is 551. The smallest absolute Gasteiger partial charge is 0.230 e. The van der Waals surface area contributed by atoms with E-state index in [2.05, 4.69) is 5.16 Å². The van der Waals surface area contributed by atoms with Crippen LogP contribution in [-0.2, 0) is 6.42 Å². The predicted octanol–water partition coefficient (Wildman–Crippen LogP) is 2.00. The third kappa shape index (κ3) is 1.25. The summed E-state index contributed by atoms with van der Waals surface area (Å²) in [4.78, 5) is 0. The first-order chi connectivity index (χ1) is 7.75. The third-order valence-corrected chi connectivity index (χ3v) is 2.67. The lowest BCUT2D eigenvalue weighted by atomic mass is 10.0. The Morgan fingerprint density at radius 2 is 2.19 bits per heavy atom. The van der Waals surface area contributed by atoms with E-state index in [-0.39, 0.29) is 11.7 Å². The topological polar surface area (TPSA) is 61.3 Å². The van der Waals surface area contributed by atoms with E-state index in [1.165, 1.54) is 12.3 Å². The minimum Gasteiger partial charge on any atom is -0.493 e. The molecule has 82 valence electrons. The molecule has 0 atom stereocenters. The van der Waals surface area contributed by atoms with Crippen molar-refractivity contribution in [1.82, 2.24) is 5.16 Å². The molecule has 4 nitrogen and oxygen atoms in total. The van der Waals surface area contributed by atoms with E-state index in [9.17, 15) is 4.39 Å². The molecule has 16 heavy (non-hydrogen) atoms. The number of nitrogens with two attached hydrogens (primary N) is 1. The van der Waals surface area contributed by atoms with Gasteiger partial charge < -0.3 is 15.0 Å². The van der Waals surface area contributed by atoms with Crippen LogP contribution < -0.4 is 10.5 Å². The summed E-state index contributed by atoms with van der Waals surface area (Å²) in [7, 11) is 0. The zero-order valence-electron chi connectivity index (χ0n) is 8.37. The molecule has 1 aliphatic heterocycles. The lowest BCUT2D eigenvalue weighted by Crippen LogP contribution is -1.90. The number of nitrogens with zero attached hydrogens (tertiary/aromatic N) is 1. The quantitative estimate of drug-likeness (QED) is 0.798. The van der Waals surface area contributed by atoms with Gasteiger partial charge in [0, 0.05) is 18.1 Å². The van der Waals surface area contributed by atoms with Crippen molar-refractivity contribution in [1.29, 1.82) is 0 Å². The molecule has 0 unspecified atom stereocenters. The number of nitrogen functional groups attached to an aromatic ring is 1. The third-order valence-electron chi connectivity index (χ3n) is 2.67. The SMILES string of the molecule is Nc1oncc1-c1cc2c(cc1F)OCC2. The van der Waals surface area contributed by atoms with Gasteiger partial charge in [0.15, 0.2) is 0 Å². The largest absolute Gasteiger partial charge is 0.493 e. The molecule has 1 aromatic carbocycles. The molecular formula is C11H9FN2O2. The second-order valence-corrected chi connectivity index (χ2v) is 3.64. The molecule has 0 aliphatic carbocycles. The van der Waals surface area contributed by atoms with Crippen LogP contribution in [0.4, 0.5) is 10.3 Å². The average molecular weight is 220 g/mol. The normalized spacial score (nSPS) is 13.6. The molecule has 0 bridgehead atoms. The maximum absolute atomic E-state index is 13.8. The highest BCUT2D eigenvalue weighted by Gasteiger charge is 2.19. The van der Waals surface area contributed by atoms with Gasteiger partial charge >= 0.3 is 0 Å². The summed E-state index contributed by atoms with van der Waals surface area (Å²) in [6.45, 7) is 0.595. The number of benzene rings is 1. The molecule has 0 saturated heterocycles. The fraction of sp³-hybridized carbons (Fsp3) is 0.182. The number of fused-ring (bicyclic) bond motifs is 1. The van der Waals surface area contributed by atoms with E-state index in [1.54, 1.807) is 6.07 Å². The van der Waals surface area contributed by atoms with Gasteiger partial charge in [-0.2, -0.15) is 0 Å². The summed E-state index contributed by atoms with van der Waals surface area (Å²) in [5.41, 5.74) is 7.43. The minimum atomic E-state index is -0.379. The van der Waals surface area contributed by atoms with Gasteiger partial charge in [-0.3, -0.25) is 0 Å². The molecule has 1 aliphatic rings. The number of ether oxygens (including phenoxy) is 1. The lowest BCUT2D eigenvalue weighted by Gasteiger charge is -2.04. The molecule has 0 spiro atoms. The van der Waals surface area contributed by atoms with Gasteiger partial charge in [0.05, 0.1) is 18.4 Å². The lowest BCUT2D eigenvalue weighted by molar-refractivity contribution is 0.355. The van der Waals surface area contributed by atoms with Crippen molar-refractivity contribution in [2.45, 2.75) is 6.42 Å². The van der Waals surface area contributed by atoms with Crippen molar-refractivity contribution in [3.05, 3.63) is 29.7 Å². The Kier molecular flexibility index (Phi) is 1.86. The van der Waals surface area contributed by atoms with E-state index in [1.807, 2.05) is 0 Å². The van der Waals surface area contributed by atoms with Gasteiger partial charge in [-0.15, -0.1) is 0 Å². The summed E-state index contributed by atoms with van der Waals surface area (Å²) in [6, 6.07) is 3.12. The summed E-state index contributed by atoms with van der Waals surface area (Å²) >= 11 is 0. The van der Waals surface area contributed by atoms with Gasteiger partial charge in [0.25, 0.3) is 0 Å². The van der Waals surface area contributed by atoms with E-state index in [0.29, 0.717) is 23.5 Å². The van der Waals surface area contributed by atoms with Gasteiger partial charge in [0.2, 0.25) is 5.88 Å². The number of hydrogen-bond donors (Lipinski definition) is 1. The number of halogens is 1. The van der Waals surface area contributed by atoms with E-state index < -0.39 is 0 Å². The van der Waals surface area contributed by atoms with Crippen LogP contribution in [0.3, 0.4) is 0 Å². The van der Waals surface area contributed by atoms with Crippen molar-refractivity contribution >= 4 is 5.88 Å². The molecule has 0 saturated carbocycles. The summed E-state index contributed by atoms with van der Waals surface area (Å²) in [5, 5.41) is 3.53. The van der Waals surface area contributed by atoms with Crippen molar-refractivity contribution in [3.8, 4) is 16.9 Å². The Morgan fingerprint density at radius 1 is 1.31 bits per heavy atom. The number of rotatable bonds is 1. The molecular weight excluding hydrogens is 211 g/mol. The maximum atomic E-state index is 13.8. The number of anilines is 1. The summed E-state index contributed by atoms with van der Waals surface area (Å²) in [5.74, 6) is 0.351. The molecule has 0 fully saturated rings. The summed E-state index contributed by atoms with van der Waals surface area (Å²) < 4.78 is 23.8. The molecule has 3 rings (SSSR count). The molecule has 2 heterocycles. The van der Waals surface area contributed by atoms with Crippen LogP contribution in [0.1, 0.15) is 5.56 Å². The molecule has 0 amide bonds. The van der Waals surface area contributed by atoms with Crippen LogP contribution in [0, 0.1) is 5.82 Å². The Labute approximate surface area is 90.8 Å². The highest BCUT2D eigenvalue weighted by molar-refractivity contribution is 5.73. The highest BCUT2D eigenvalue weighted by Crippen LogP contribution is 2.35. The molecule has 0 radical (unpaired) electrons. The molecule has 2 aromatic rings. The molecule has 1 aromatic heterocycles. The number of hydrogen-bond acceptors (Lipinski definition) is 4.